The minimum Gasteiger partial charge on any atom is -0.430 e. The van der Waals surface area contributed by atoms with Crippen molar-refractivity contribution in [2.24, 2.45) is 4.99 Å². The molecule has 0 radical (unpaired) electrons. The zero-order valence-corrected chi connectivity index (χ0v) is 8.04. The van der Waals surface area contributed by atoms with E-state index >= 15 is 0 Å². The molecular formula is C10H9NOS. The molecule has 0 aliphatic rings. The molecule has 66 valence electrons. The van der Waals surface area contributed by atoms with E-state index in [0.717, 1.165) is 11.3 Å². The summed E-state index contributed by atoms with van der Waals surface area (Å²) >= 11 is 1.51. The zero-order chi connectivity index (χ0) is 9.10. The van der Waals surface area contributed by atoms with Crippen LogP contribution < -0.4 is 4.87 Å². The van der Waals surface area contributed by atoms with Crippen molar-refractivity contribution in [1.82, 2.24) is 0 Å². The van der Waals surface area contributed by atoms with Gasteiger partial charge in [-0.15, -0.1) is 0 Å². The van der Waals surface area contributed by atoms with Crippen LogP contribution in [0.5, 0.6) is 0 Å². The molecule has 1 aromatic heterocycles. The van der Waals surface area contributed by atoms with Gasteiger partial charge in [0.2, 0.25) is 0 Å². The normalized spacial score (nSPS) is 11.9. The summed E-state index contributed by atoms with van der Waals surface area (Å²) in [6.07, 6.45) is 0. The van der Waals surface area contributed by atoms with Crippen LogP contribution in [-0.2, 0) is 0 Å². The molecule has 0 aliphatic heterocycles. The van der Waals surface area contributed by atoms with Gasteiger partial charge in [-0.3, -0.25) is 0 Å². The SMILES string of the molecule is CN=c1oc(-c2ccccc2)cs1. The van der Waals surface area contributed by atoms with Crippen LogP contribution >= 0.6 is 11.3 Å². The van der Waals surface area contributed by atoms with Crippen LogP contribution in [0.4, 0.5) is 0 Å². The highest BCUT2D eigenvalue weighted by atomic mass is 32.1. The van der Waals surface area contributed by atoms with Crippen molar-refractivity contribution in [3.05, 3.63) is 40.6 Å². The average Bonchev–Trinajstić information content (AvgIpc) is 2.67. The first-order chi connectivity index (χ1) is 6.40. The molecule has 0 unspecified atom stereocenters. The smallest absolute Gasteiger partial charge is 0.273 e. The lowest BCUT2D eigenvalue weighted by Gasteiger charge is -1.92. The molecule has 0 atom stereocenters. The molecule has 0 spiro atoms. The second-order valence-electron chi connectivity index (χ2n) is 2.56. The molecule has 0 N–H and O–H groups in total. The van der Waals surface area contributed by atoms with Crippen molar-refractivity contribution in [1.29, 1.82) is 0 Å². The Balaban J connectivity index is 2.48. The molecule has 2 nitrogen and oxygen atoms in total. The maximum absolute atomic E-state index is 5.47. The van der Waals surface area contributed by atoms with Gasteiger partial charge in [-0.2, -0.15) is 0 Å². The van der Waals surface area contributed by atoms with Crippen LogP contribution in [-0.4, -0.2) is 7.05 Å². The minimum absolute atomic E-state index is 0.707. The second kappa shape index (κ2) is 3.58. The van der Waals surface area contributed by atoms with Gasteiger partial charge in [0, 0.05) is 18.0 Å². The number of benzene rings is 1. The van der Waals surface area contributed by atoms with E-state index in [0.29, 0.717) is 4.87 Å². The second-order valence-corrected chi connectivity index (χ2v) is 3.38. The van der Waals surface area contributed by atoms with Gasteiger partial charge in [0.1, 0.15) is 5.76 Å². The predicted molar refractivity (Wildman–Crippen MR) is 53.5 cm³/mol. The van der Waals surface area contributed by atoms with Crippen molar-refractivity contribution < 1.29 is 4.42 Å². The van der Waals surface area contributed by atoms with Crippen LogP contribution in [0.3, 0.4) is 0 Å². The van der Waals surface area contributed by atoms with Gasteiger partial charge in [-0.1, -0.05) is 41.7 Å². The largest absolute Gasteiger partial charge is 0.430 e. The summed E-state index contributed by atoms with van der Waals surface area (Å²) in [6.45, 7) is 0. The van der Waals surface area contributed by atoms with Gasteiger partial charge in [0.05, 0.1) is 0 Å². The highest BCUT2D eigenvalue weighted by Gasteiger charge is 1.99. The molecule has 2 aromatic rings. The van der Waals surface area contributed by atoms with Crippen molar-refractivity contribution in [3.8, 4) is 11.3 Å². The summed E-state index contributed by atoms with van der Waals surface area (Å²) in [4.78, 5) is 4.68. The molecule has 3 heteroatoms. The molecule has 0 saturated heterocycles. The third-order valence-corrected chi connectivity index (χ3v) is 2.50. The molecule has 0 fully saturated rings. The van der Waals surface area contributed by atoms with Crippen molar-refractivity contribution in [3.63, 3.8) is 0 Å². The molecular weight excluding hydrogens is 182 g/mol. The number of hydrogen-bond donors (Lipinski definition) is 0. The lowest BCUT2D eigenvalue weighted by atomic mass is 10.2. The lowest BCUT2D eigenvalue weighted by Crippen LogP contribution is -1.87. The molecule has 0 bridgehead atoms. The predicted octanol–water partition coefficient (Wildman–Crippen LogP) is 2.54. The summed E-state index contributed by atoms with van der Waals surface area (Å²) < 4.78 is 5.47. The molecule has 0 aliphatic carbocycles. The first kappa shape index (κ1) is 8.26. The van der Waals surface area contributed by atoms with Crippen molar-refractivity contribution in [2.75, 3.05) is 7.05 Å². The van der Waals surface area contributed by atoms with Gasteiger partial charge in [0.25, 0.3) is 4.87 Å². The van der Waals surface area contributed by atoms with E-state index < -0.39 is 0 Å². The van der Waals surface area contributed by atoms with Crippen LogP contribution in [0.25, 0.3) is 11.3 Å². The zero-order valence-electron chi connectivity index (χ0n) is 7.23. The van der Waals surface area contributed by atoms with E-state index in [1.165, 1.54) is 11.3 Å². The summed E-state index contributed by atoms with van der Waals surface area (Å²) in [5.74, 6) is 0.881. The van der Waals surface area contributed by atoms with E-state index in [-0.39, 0.29) is 0 Å². The third kappa shape index (κ3) is 1.70. The summed E-state index contributed by atoms with van der Waals surface area (Å²) in [5, 5.41) is 1.97. The van der Waals surface area contributed by atoms with Gasteiger partial charge in [-0.05, 0) is 0 Å². The summed E-state index contributed by atoms with van der Waals surface area (Å²) in [6, 6.07) is 10.0. The quantitative estimate of drug-likeness (QED) is 0.680. The fraction of sp³-hybridized carbons (Fsp3) is 0.100. The Morgan fingerprint density at radius 1 is 1.23 bits per heavy atom. The summed E-state index contributed by atoms with van der Waals surface area (Å²) in [5.41, 5.74) is 1.09. The van der Waals surface area contributed by atoms with Crippen LogP contribution in [0.2, 0.25) is 0 Å². The Kier molecular flexibility index (Phi) is 2.27. The molecule has 0 amide bonds. The highest BCUT2D eigenvalue weighted by Crippen LogP contribution is 2.18. The van der Waals surface area contributed by atoms with Crippen molar-refractivity contribution in [2.45, 2.75) is 0 Å². The fourth-order valence-electron chi connectivity index (χ4n) is 1.07. The first-order valence-electron chi connectivity index (χ1n) is 3.97. The Morgan fingerprint density at radius 3 is 2.62 bits per heavy atom. The van der Waals surface area contributed by atoms with Crippen LogP contribution in [0.1, 0.15) is 0 Å². The Bertz CT molecular complexity index is 441. The molecule has 2 rings (SSSR count). The van der Waals surface area contributed by atoms with Gasteiger partial charge >= 0.3 is 0 Å². The van der Waals surface area contributed by atoms with E-state index in [1.54, 1.807) is 7.05 Å². The lowest BCUT2D eigenvalue weighted by molar-refractivity contribution is 0.536. The van der Waals surface area contributed by atoms with Crippen molar-refractivity contribution >= 4 is 11.3 Å². The Hall–Kier alpha value is -1.35. The molecule has 0 saturated carbocycles. The van der Waals surface area contributed by atoms with E-state index in [1.807, 2.05) is 35.7 Å². The van der Waals surface area contributed by atoms with Gasteiger partial charge in [0.15, 0.2) is 0 Å². The number of hydrogen-bond acceptors (Lipinski definition) is 3. The standard InChI is InChI=1S/C10H9NOS/c1-11-10-12-9(7-13-10)8-5-3-2-4-6-8/h2-7H,1H3. The van der Waals surface area contributed by atoms with Crippen LogP contribution in [0.15, 0.2) is 45.1 Å². The monoisotopic (exact) mass is 191 g/mol. The maximum atomic E-state index is 5.47. The van der Waals surface area contributed by atoms with Gasteiger partial charge < -0.3 is 4.42 Å². The highest BCUT2D eigenvalue weighted by molar-refractivity contribution is 7.07. The number of nitrogens with zero attached hydrogens (tertiary/aromatic N) is 1. The molecule has 1 aromatic carbocycles. The number of rotatable bonds is 1. The van der Waals surface area contributed by atoms with E-state index in [4.69, 9.17) is 4.42 Å². The van der Waals surface area contributed by atoms with Crippen LogP contribution in [0, 0.1) is 0 Å². The maximum Gasteiger partial charge on any atom is 0.273 e. The first-order valence-corrected chi connectivity index (χ1v) is 4.85. The summed E-state index contributed by atoms with van der Waals surface area (Å²) in [7, 11) is 1.73. The van der Waals surface area contributed by atoms with E-state index in [9.17, 15) is 0 Å². The third-order valence-electron chi connectivity index (χ3n) is 1.70. The van der Waals surface area contributed by atoms with E-state index in [2.05, 4.69) is 4.99 Å². The van der Waals surface area contributed by atoms with Gasteiger partial charge in [-0.25, -0.2) is 4.99 Å². The molecule has 13 heavy (non-hydrogen) atoms. The Morgan fingerprint density at radius 2 is 2.00 bits per heavy atom. The minimum atomic E-state index is 0.707. The molecule has 1 heterocycles. The average molecular weight is 191 g/mol. The Labute approximate surface area is 80.2 Å². The fourth-order valence-corrected chi connectivity index (χ4v) is 1.71. The topological polar surface area (TPSA) is 25.5 Å².